The SMILES string of the molecule is Cc1ccc(-n2nc3c(c2NC(=O)C2(c4ccc(Cl)cc4)CCCC2)C[S@@](=O)C3)cc1. The summed E-state index contributed by atoms with van der Waals surface area (Å²) in [6.45, 7) is 2.04. The molecule has 7 heteroatoms. The number of aryl methyl sites for hydroxylation is 1. The molecule has 1 amide bonds. The Hall–Kier alpha value is -2.44. The summed E-state index contributed by atoms with van der Waals surface area (Å²) in [5, 5.41) is 8.60. The zero-order valence-electron chi connectivity index (χ0n) is 17.4. The predicted molar refractivity (Wildman–Crippen MR) is 124 cm³/mol. The largest absolute Gasteiger partial charge is 0.310 e. The molecule has 2 heterocycles. The van der Waals surface area contributed by atoms with E-state index in [1.54, 1.807) is 4.68 Å². The number of fused-ring (bicyclic) bond motifs is 1. The molecule has 5 rings (SSSR count). The van der Waals surface area contributed by atoms with Crippen molar-refractivity contribution >= 4 is 34.1 Å². The van der Waals surface area contributed by atoms with Gasteiger partial charge < -0.3 is 5.32 Å². The quantitative estimate of drug-likeness (QED) is 0.601. The molecule has 5 nitrogen and oxygen atoms in total. The number of hydrogen-bond acceptors (Lipinski definition) is 3. The average Bonchev–Trinajstić information content (AvgIpc) is 3.46. The van der Waals surface area contributed by atoms with Crippen LogP contribution in [0.5, 0.6) is 0 Å². The Morgan fingerprint density at radius 1 is 1.06 bits per heavy atom. The van der Waals surface area contributed by atoms with Gasteiger partial charge in [-0.25, -0.2) is 4.68 Å². The number of amides is 1. The smallest absolute Gasteiger partial charge is 0.236 e. The number of aromatic nitrogens is 2. The van der Waals surface area contributed by atoms with Crippen LogP contribution < -0.4 is 5.32 Å². The highest BCUT2D eigenvalue weighted by Crippen LogP contribution is 2.43. The van der Waals surface area contributed by atoms with Gasteiger partial charge in [0.1, 0.15) is 5.82 Å². The number of benzene rings is 2. The summed E-state index contributed by atoms with van der Waals surface area (Å²) < 4.78 is 14.0. The molecule has 1 aliphatic carbocycles. The standard InChI is InChI=1S/C24H24ClN3O2S/c1-16-4-10-19(11-5-16)28-22(20-14-31(30)15-21(20)27-28)26-23(29)24(12-2-3-13-24)17-6-8-18(25)9-7-17/h4-11H,2-3,12-15H2,1H3,(H,26,29)/t31-/m1/s1. The van der Waals surface area contributed by atoms with Gasteiger partial charge in [0.25, 0.3) is 0 Å². The van der Waals surface area contributed by atoms with Crippen LogP contribution in [0.4, 0.5) is 5.82 Å². The molecule has 1 saturated carbocycles. The Labute approximate surface area is 189 Å². The summed E-state index contributed by atoms with van der Waals surface area (Å²) in [6.07, 6.45) is 3.62. The Kier molecular flexibility index (Phi) is 5.22. The summed E-state index contributed by atoms with van der Waals surface area (Å²) in [5.74, 6) is 1.47. The minimum absolute atomic E-state index is 0.0268. The third-order valence-electron chi connectivity index (χ3n) is 6.47. The first-order valence-electron chi connectivity index (χ1n) is 10.6. The number of carbonyl (C=O) groups is 1. The molecule has 3 aromatic rings. The van der Waals surface area contributed by atoms with Gasteiger partial charge in [-0.05, 0) is 49.6 Å². The van der Waals surface area contributed by atoms with E-state index in [-0.39, 0.29) is 5.91 Å². The fourth-order valence-corrected chi connectivity index (χ4v) is 6.14. The van der Waals surface area contributed by atoms with E-state index in [4.69, 9.17) is 16.7 Å². The zero-order valence-corrected chi connectivity index (χ0v) is 18.9. The van der Waals surface area contributed by atoms with Gasteiger partial charge in [0.15, 0.2) is 0 Å². The fourth-order valence-electron chi connectivity index (χ4n) is 4.75. The number of hydrogen-bond donors (Lipinski definition) is 1. The predicted octanol–water partition coefficient (Wildman–Crippen LogP) is 5.05. The lowest BCUT2D eigenvalue weighted by molar-refractivity contribution is -0.121. The van der Waals surface area contributed by atoms with Crippen LogP contribution in [0.25, 0.3) is 5.69 Å². The zero-order chi connectivity index (χ0) is 21.6. The molecule has 31 heavy (non-hydrogen) atoms. The van der Waals surface area contributed by atoms with Gasteiger partial charge in [-0.3, -0.25) is 9.00 Å². The summed E-state index contributed by atoms with van der Waals surface area (Å²) in [4.78, 5) is 13.8. The maximum Gasteiger partial charge on any atom is 0.236 e. The molecule has 1 N–H and O–H groups in total. The minimum Gasteiger partial charge on any atom is -0.310 e. The fraction of sp³-hybridized carbons (Fsp3) is 0.333. The molecule has 0 saturated heterocycles. The molecule has 0 bridgehead atoms. The van der Waals surface area contributed by atoms with Crippen LogP contribution in [0.2, 0.25) is 5.02 Å². The molecular formula is C24H24ClN3O2S. The summed E-state index contributed by atoms with van der Waals surface area (Å²) in [7, 11) is -0.974. The molecule has 0 unspecified atom stereocenters. The summed E-state index contributed by atoms with van der Waals surface area (Å²) in [6, 6.07) is 15.7. The Morgan fingerprint density at radius 3 is 2.42 bits per heavy atom. The van der Waals surface area contributed by atoms with E-state index in [1.807, 2.05) is 55.5 Å². The molecular weight excluding hydrogens is 430 g/mol. The van der Waals surface area contributed by atoms with Crippen LogP contribution in [0.3, 0.4) is 0 Å². The van der Waals surface area contributed by atoms with Crippen LogP contribution >= 0.6 is 11.6 Å². The van der Waals surface area contributed by atoms with Crippen LogP contribution in [0, 0.1) is 6.92 Å². The average molecular weight is 454 g/mol. The maximum atomic E-state index is 13.8. The topological polar surface area (TPSA) is 64.0 Å². The lowest BCUT2D eigenvalue weighted by atomic mass is 9.78. The Morgan fingerprint density at radius 2 is 1.74 bits per heavy atom. The molecule has 0 radical (unpaired) electrons. The lowest BCUT2D eigenvalue weighted by Crippen LogP contribution is -2.38. The normalized spacial score (nSPS) is 19.4. The van der Waals surface area contributed by atoms with Crippen molar-refractivity contribution in [3.05, 3.63) is 75.9 Å². The highest BCUT2D eigenvalue weighted by Gasteiger charge is 2.43. The van der Waals surface area contributed by atoms with Gasteiger partial charge in [0.05, 0.1) is 28.3 Å². The van der Waals surface area contributed by atoms with Crippen LogP contribution in [-0.2, 0) is 32.5 Å². The summed E-state index contributed by atoms with van der Waals surface area (Å²) in [5.41, 5.74) is 4.14. The second kappa shape index (κ2) is 7.92. The molecule has 1 aliphatic heterocycles. The minimum atomic E-state index is -0.974. The molecule has 2 aromatic carbocycles. The van der Waals surface area contributed by atoms with Crippen molar-refractivity contribution in [2.75, 3.05) is 5.32 Å². The first kappa shape index (κ1) is 20.5. The highest BCUT2D eigenvalue weighted by atomic mass is 35.5. The van der Waals surface area contributed by atoms with Gasteiger partial charge in [0, 0.05) is 21.4 Å². The van der Waals surface area contributed by atoms with Crippen molar-refractivity contribution in [3.63, 3.8) is 0 Å². The first-order valence-corrected chi connectivity index (χ1v) is 12.4. The molecule has 1 atom stereocenters. The Bertz CT molecular complexity index is 1160. The van der Waals surface area contributed by atoms with Crippen molar-refractivity contribution in [2.45, 2.75) is 49.5 Å². The van der Waals surface area contributed by atoms with E-state index in [9.17, 15) is 9.00 Å². The number of halogens is 1. The van der Waals surface area contributed by atoms with Crippen molar-refractivity contribution in [2.24, 2.45) is 0 Å². The number of nitrogens with zero attached hydrogens (tertiary/aromatic N) is 2. The van der Waals surface area contributed by atoms with E-state index < -0.39 is 16.2 Å². The van der Waals surface area contributed by atoms with E-state index in [0.717, 1.165) is 53.8 Å². The lowest BCUT2D eigenvalue weighted by Gasteiger charge is -2.28. The van der Waals surface area contributed by atoms with E-state index >= 15 is 0 Å². The van der Waals surface area contributed by atoms with E-state index in [0.29, 0.717) is 22.3 Å². The first-order chi connectivity index (χ1) is 15.0. The van der Waals surface area contributed by atoms with E-state index in [1.165, 1.54) is 0 Å². The molecule has 160 valence electrons. The van der Waals surface area contributed by atoms with Crippen molar-refractivity contribution < 1.29 is 9.00 Å². The Balaban J connectivity index is 1.55. The van der Waals surface area contributed by atoms with Crippen molar-refractivity contribution in [1.29, 1.82) is 0 Å². The number of nitrogens with one attached hydrogen (secondary N) is 1. The molecule has 1 fully saturated rings. The monoisotopic (exact) mass is 453 g/mol. The molecule has 1 aromatic heterocycles. The van der Waals surface area contributed by atoms with E-state index in [2.05, 4.69) is 5.32 Å². The number of rotatable bonds is 4. The van der Waals surface area contributed by atoms with Gasteiger partial charge in [-0.2, -0.15) is 5.10 Å². The van der Waals surface area contributed by atoms with Crippen LogP contribution in [0.1, 0.15) is 48.1 Å². The number of anilines is 1. The molecule has 0 spiro atoms. The van der Waals surface area contributed by atoms with Crippen molar-refractivity contribution in [3.8, 4) is 5.69 Å². The second-order valence-corrected chi connectivity index (χ2v) is 10.4. The van der Waals surface area contributed by atoms with Gasteiger partial charge in [-0.15, -0.1) is 0 Å². The third kappa shape index (κ3) is 3.62. The van der Waals surface area contributed by atoms with Crippen LogP contribution in [0.15, 0.2) is 48.5 Å². The highest BCUT2D eigenvalue weighted by molar-refractivity contribution is 7.83. The van der Waals surface area contributed by atoms with Crippen LogP contribution in [-0.4, -0.2) is 19.9 Å². The van der Waals surface area contributed by atoms with Gasteiger partial charge in [-0.1, -0.05) is 54.3 Å². The maximum absolute atomic E-state index is 13.8. The van der Waals surface area contributed by atoms with Crippen molar-refractivity contribution in [1.82, 2.24) is 9.78 Å². The van der Waals surface area contributed by atoms with Gasteiger partial charge in [0.2, 0.25) is 5.91 Å². The summed E-state index contributed by atoms with van der Waals surface area (Å²) >= 11 is 6.09. The van der Waals surface area contributed by atoms with Gasteiger partial charge >= 0.3 is 0 Å². The third-order valence-corrected chi connectivity index (χ3v) is 7.93. The number of carbonyl (C=O) groups excluding carboxylic acids is 1. The second-order valence-electron chi connectivity index (χ2n) is 8.50. The molecule has 2 aliphatic rings.